The van der Waals surface area contributed by atoms with Crippen molar-refractivity contribution in [1.82, 2.24) is 4.98 Å². The van der Waals surface area contributed by atoms with Crippen LogP contribution < -0.4 is 10.5 Å². The molecule has 5 nitrogen and oxygen atoms in total. The van der Waals surface area contributed by atoms with Crippen LogP contribution in [0.15, 0.2) is 53.2 Å². The van der Waals surface area contributed by atoms with Crippen molar-refractivity contribution in [1.29, 1.82) is 0 Å². The molecule has 2 aromatic heterocycles. The van der Waals surface area contributed by atoms with Crippen molar-refractivity contribution >= 4 is 17.5 Å². The van der Waals surface area contributed by atoms with Crippen LogP contribution in [-0.4, -0.2) is 18.0 Å². The first-order chi connectivity index (χ1) is 12.3. The Labute approximate surface area is 156 Å². The number of ether oxygens (including phenoxy) is 1. The lowest BCUT2D eigenvalue weighted by atomic mass is 9.89. The molecule has 0 atom stereocenters. The van der Waals surface area contributed by atoms with E-state index in [1.807, 2.05) is 30.3 Å². The van der Waals surface area contributed by atoms with Crippen molar-refractivity contribution in [2.45, 2.75) is 19.3 Å². The van der Waals surface area contributed by atoms with Gasteiger partial charge in [0.1, 0.15) is 22.7 Å². The smallest absolute Gasteiger partial charge is 0.230 e. The number of hydrogen-bond acceptors (Lipinski definition) is 4. The van der Waals surface area contributed by atoms with Crippen molar-refractivity contribution in [2.24, 2.45) is 5.73 Å². The molecule has 0 radical (unpaired) electrons. The molecule has 0 aliphatic carbocycles. The Bertz CT molecular complexity index is 949. The number of methoxy groups -OCH3 is 1. The summed E-state index contributed by atoms with van der Waals surface area (Å²) in [6, 6.07) is 11.0. The van der Waals surface area contributed by atoms with Gasteiger partial charge in [-0.15, -0.1) is 0 Å². The summed E-state index contributed by atoms with van der Waals surface area (Å²) < 4.78 is 11.4. The molecule has 3 rings (SSSR count). The highest BCUT2D eigenvalue weighted by atomic mass is 35.5. The third-order valence-corrected chi connectivity index (χ3v) is 4.68. The zero-order chi connectivity index (χ0) is 18.9. The number of pyridine rings is 1. The van der Waals surface area contributed by atoms with Gasteiger partial charge in [-0.2, -0.15) is 0 Å². The van der Waals surface area contributed by atoms with E-state index in [2.05, 4.69) is 4.98 Å². The number of furan rings is 1. The lowest BCUT2D eigenvalue weighted by Gasteiger charge is -2.16. The number of halogens is 1. The molecule has 0 bridgehead atoms. The predicted molar refractivity (Wildman–Crippen MR) is 101 cm³/mol. The minimum absolute atomic E-state index is 0.465. The van der Waals surface area contributed by atoms with Crippen LogP contribution in [0.1, 0.15) is 19.6 Å². The van der Waals surface area contributed by atoms with Gasteiger partial charge in [0.05, 0.1) is 12.1 Å². The van der Waals surface area contributed by atoms with E-state index < -0.39 is 11.3 Å². The van der Waals surface area contributed by atoms with E-state index >= 15 is 0 Å². The van der Waals surface area contributed by atoms with Gasteiger partial charge in [-0.3, -0.25) is 9.78 Å². The van der Waals surface area contributed by atoms with Crippen molar-refractivity contribution in [3.8, 4) is 28.2 Å². The molecule has 134 valence electrons. The Morgan fingerprint density at radius 1 is 1.15 bits per heavy atom. The summed E-state index contributed by atoms with van der Waals surface area (Å²) in [5.41, 5.74) is 7.12. The van der Waals surface area contributed by atoms with Gasteiger partial charge in [-0.05, 0) is 49.7 Å². The second kappa shape index (κ2) is 6.84. The molecule has 0 aliphatic rings. The molecular formula is C20H19ClN2O3. The molecule has 0 saturated heterocycles. The van der Waals surface area contributed by atoms with Crippen LogP contribution in [0.4, 0.5) is 0 Å². The SMILES string of the molecule is COc1cc(-c2cc(C(C)(C)C(N)=O)oc2-c2ccncc2)ccc1Cl. The van der Waals surface area contributed by atoms with E-state index in [-0.39, 0.29) is 0 Å². The minimum Gasteiger partial charge on any atom is -0.495 e. The normalized spacial score (nSPS) is 11.4. The quantitative estimate of drug-likeness (QED) is 0.720. The molecule has 2 N–H and O–H groups in total. The van der Waals surface area contributed by atoms with Crippen LogP contribution in [0.3, 0.4) is 0 Å². The van der Waals surface area contributed by atoms with Crippen LogP contribution in [0, 0.1) is 0 Å². The molecule has 0 saturated carbocycles. The maximum Gasteiger partial charge on any atom is 0.230 e. The Morgan fingerprint density at radius 3 is 2.46 bits per heavy atom. The summed E-state index contributed by atoms with van der Waals surface area (Å²) in [7, 11) is 1.56. The van der Waals surface area contributed by atoms with Crippen molar-refractivity contribution in [2.75, 3.05) is 7.11 Å². The molecule has 1 amide bonds. The Kier molecular flexibility index (Phi) is 4.74. The van der Waals surface area contributed by atoms with E-state index in [1.165, 1.54) is 0 Å². The standard InChI is InChI=1S/C20H19ClN2O3/c1-20(2,19(22)24)17-11-14(13-4-5-15(21)16(10-13)25-3)18(26-17)12-6-8-23-9-7-12/h4-11H,1-3H3,(H2,22,24). The average Bonchev–Trinajstić information content (AvgIpc) is 3.09. The van der Waals surface area contributed by atoms with Gasteiger partial charge in [-0.1, -0.05) is 17.7 Å². The molecular weight excluding hydrogens is 352 g/mol. The molecule has 0 aliphatic heterocycles. The monoisotopic (exact) mass is 370 g/mol. The third kappa shape index (κ3) is 3.18. The van der Waals surface area contributed by atoms with Gasteiger partial charge >= 0.3 is 0 Å². The van der Waals surface area contributed by atoms with Crippen LogP contribution in [0.25, 0.3) is 22.5 Å². The second-order valence-corrected chi connectivity index (χ2v) is 6.84. The molecule has 26 heavy (non-hydrogen) atoms. The Morgan fingerprint density at radius 2 is 1.85 bits per heavy atom. The molecule has 3 aromatic rings. The Hall–Kier alpha value is -2.79. The summed E-state index contributed by atoms with van der Waals surface area (Å²) in [5.74, 6) is 1.20. The number of carbonyl (C=O) groups is 1. The van der Waals surface area contributed by atoms with E-state index in [0.29, 0.717) is 22.3 Å². The number of nitrogens with zero attached hydrogens (tertiary/aromatic N) is 1. The van der Waals surface area contributed by atoms with Gasteiger partial charge in [0.25, 0.3) is 0 Å². The van der Waals surface area contributed by atoms with E-state index in [9.17, 15) is 4.79 Å². The second-order valence-electron chi connectivity index (χ2n) is 6.43. The highest BCUT2D eigenvalue weighted by Gasteiger charge is 2.33. The number of rotatable bonds is 5. The van der Waals surface area contributed by atoms with Gasteiger partial charge in [0.15, 0.2) is 0 Å². The average molecular weight is 371 g/mol. The molecule has 0 spiro atoms. The lowest BCUT2D eigenvalue weighted by molar-refractivity contribution is -0.122. The molecule has 0 fully saturated rings. The summed E-state index contributed by atoms with van der Waals surface area (Å²) >= 11 is 6.14. The minimum atomic E-state index is -0.948. The molecule has 0 unspecified atom stereocenters. The van der Waals surface area contributed by atoms with Crippen LogP contribution in [0.2, 0.25) is 5.02 Å². The summed E-state index contributed by atoms with van der Waals surface area (Å²) in [6.07, 6.45) is 3.37. The fourth-order valence-corrected chi connectivity index (χ4v) is 2.77. The zero-order valence-electron chi connectivity index (χ0n) is 14.7. The largest absolute Gasteiger partial charge is 0.495 e. The number of hydrogen-bond donors (Lipinski definition) is 1. The van der Waals surface area contributed by atoms with E-state index in [4.69, 9.17) is 26.5 Å². The number of amides is 1. The Balaban J connectivity index is 2.23. The number of benzene rings is 1. The number of carbonyl (C=O) groups excluding carboxylic acids is 1. The maximum absolute atomic E-state index is 11.9. The van der Waals surface area contributed by atoms with Gasteiger partial charge in [-0.25, -0.2) is 0 Å². The van der Waals surface area contributed by atoms with E-state index in [0.717, 1.165) is 16.7 Å². The van der Waals surface area contributed by atoms with Crippen molar-refractivity contribution < 1.29 is 13.9 Å². The highest BCUT2D eigenvalue weighted by molar-refractivity contribution is 6.32. The van der Waals surface area contributed by atoms with Crippen LogP contribution in [-0.2, 0) is 10.2 Å². The lowest BCUT2D eigenvalue weighted by Crippen LogP contribution is -2.35. The fourth-order valence-electron chi connectivity index (χ4n) is 2.58. The number of primary amides is 1. The first-order valence-corrected chi connectivity index (χ1v) is 8.41. The van der Waals surface area contributed by atoms with Crippen molar-refractivity contribution in [3.63, 3.8) is 0 Å². The predicted octanol–water partition coefficient (Wildman–Crippen LogP) is 4.43. The van der Waals surface area contributed by atoms with Crippen LogP contribution in [0.5, 0.6) is 5.75 Å². The summed E-state index contributed by atoms with van der Waals surface area (Å²) in [4.78, 5) is 15.9. The third-order valence-electron chi connectivity index (χ3n) is 4.37. The van der Waals surface area contributed by atoms with Gasteiger partial charge < -0.3 is 14.9 Å². The summed E-state index contributed by atoms with van der Waals surface area (Å²) in [5, 5.41) is 0.517. The number of aromatic nitrogens is 1. The zero-order valence-corrected chi connectivity index (χ0v) is 15.5. The highest BCUT2D eigenvalue weighted by Crippen LogP contribution is 2.40. The molecule has 2 heterocycles. The summed E-state index contributed by atoms with van der Waals surface area (Å²) in [6.45, 7) is 3.47. The van der Waals surface area contributed by atoms with E-state index in [1.54, 1.807) is 39.4 Å². The van der Waals surface area contributed by atoms with Crippen LogP contribution >= 0.6 is 11.6 Å². The topological polar surface area (TPSA) is 78.4 Å². The molecule has 1 aromatic carbocycles. The van der Waals surface area contributed by atoms with Gasteiger partial charge in [0, 0.05) is 23.5 Å². The maximum atomic E-state index is 11.9. The first kappa shape index (κ1) is 18.0. The van der Waals surface area contributed by atoms with Gasteiger partial charge in [0.2, 0.25) is 5.91 Å². The molecule has 6 heteroatoms. The first-order valence-electron chi connectivity index (χ1n) is 8.03. The fraction of sp³-hybridized carbons (Fsp3) is 0.200. The number of nitrogens with two attached hydrogens (primary N) is 1. The van der Waals surface area contributed by atoms with Crippen molar-refractivity contribution in [3.05, 3.63) is 59.6 Å².